The molecular weight excluding hydrogens is 268 g/mol. The summed E-state index contributed by atoms with van der Waals surface area (Å²) in [4.78, 5) is 30.4. The maximum atomic E-state index is 12.5. The van der Waals surface area contributed by atoms with Gasteiger partial charge in [-0.3, -0.25) is 9.59 Å². The second-order valence-corrected chi connectivity index (χ2v) is 5.20. The van der Waals surface area contributed by atoms with Crippen LogP contribution in [-0.2, 0) is 4.79 Å². The largest absolute Gasteiger partial charge is 0.451 e. The minimum Gasteiger partial charge on any atom is -0.451 e. The quantitative estimate of drug-likeness (QED) is 0.639. The lowest BCUT2D eigenvalue weighted by Gasteiger charge is -2.25. The Kier molecular flexibility index (Phi) is 3.56. The fourth-order valence-corrected chi connectivity index (χ4v) is 2.75. The molecule has 2 atom stereocenters. The molecular formula is C16H16N2O3. The molecule has 1 aromatic heterocycles. The van der Waals surface area contributed by atoms with E-state index in [4.69, 9.17) is 4.42 Å². The van der Waals surface area contributed by atoms with Crippen LogP contribution in [0.1, 0.15) is 35.4 Å². The monoisotopic (exact) mass is 284 g/mol. The average molecular weight is 284 g/mol. The number of aromatic nitrogens is 1. The van der Waals surface area contributed by atoms with Crippen LogP contribution in [0.25, 0.3) is 0 Å². The smallest absolute Gasteiger partial charge is 0.234 e. The van der Waals surface area contributed by atoms with Crippen molar-refractivity contribution in [3.05, 3.63) is 54.2 Å². The zero-order valence-corrected chi connectivity index (χ0v) is 11.7. The molecule has 1 amide bonds. The molecule has 1 unspecified atom stereocenters. The summed E-state index contributed by atoms with van der Waals surface area (Å²) in [5.41, 5.74) is 1.29. The van der Waals surface area contributed by atoms with Crippen molar-refractivity contribution in [3.63, 3.8) is 0 Å². The van der Waals surface area contributed by atoms with E-state index in [1.54, 1.807) is 4.90 Å². The minimum atomic E-state index is -0.638. The highest BCUT2D eigenvalue weighted by Gasteiger charge is 2.40. The van der Waals surface area contributed by atoms with Gasteiger partial charge in [-0.05, 0) is 18.9 Å². The molecule has 0 saturated carbocycles. The van der Waals surface area contributed by atoms with E-state index in [1.807, 2.05) is 37.3 Å². The van der Waals surface area contributed by atoms with Crippen molar-refractivity contribution in [1.82, 2.24) is 9.88 Å². The molecule has 21 heavy (non-hydrogen) atoms. The maximum Gasteiger partial charge on any atom is 0.234 e. The number of ketones is 1. The van der Waals surface area contributed by atoms with Crippen molar-refractivity contribution in [2.75, 3.05) is 6.54 Å². The molecule has 5 nitrogen and oxygen atoms in total. The third kappa shape index (κ3) is 2.46. The Hall–Kier alpha value is -2.43. The SMILES string of the molecule is C[C@@H](c1ccccc1)N1CCC(C(=O)c2cocn2)C1=O. The summed E-state index contributed by atoms with van der Waals surface area (Å²) in [7, 11) is 0. The molecule has 108 valence electrons. The molecule has 5 heteroatoms. The van der Waals surface area contributed by atoms with E-state index in [-0.39, 0.29) is 23.4 Å². The van der Waals surface area contributed by atoms with Crippen LogP contribution in [0.2, 0.25) is 0 Å². The van der Waals surface area contributed by atoms with Crippen LogP contribution >= 0.6 is 0 Å². The molecule has 0 bridgehead atoms. The van der Waals surface area contributed by atoms with Gasteiger partial charge in [-0.25, -0.2) is 4.98 Å². The van der Waals surface area contributed by atoms with Crippen molar-refractivity contribution in [3.8, 4) is 0 Å². The van der Waals surface area contributed by atoms with Crippen molar-refractivity contribution in [1.29, 1.82) is 0 Å². The van der Waals surface area contributed by atoms with Gasteiger partial charge in [0.1, 0.15) is 17.9 Å². The van der Waals surface area contributed by atoms with Crippen molar-refractivity contribution >= 4 is 11.7 Å². The number of carbonyl (C=O) groups excluding carboxylic acids is 2. The van der Waals surface area contributed by atoms with Gasteiger partial charge in [0.15, 0.2) is 12.2 Å². The van der Waals surface area contributed by atoms with Crippen LogP contribution < -0.4 is 0 Å². The minimum absolute atomic E-state index is 0.0335. The molecule has 1 saturated heterocycles. The van der Waals surface area contributed by atoms with Gasteiger partial charge in [-0.1, -0.05) is 30.3 Å². The molecule has 1 fully saturated rings. The van der Waals surface area contributed by atoms with E-state index in [9.17, 15) is 9.59 Å². The van der Waals surface area contributed by atoms with Crippen molar-refractivity contribution in [2.45, 2.75) is 19.4 Å². The number of nitrogens with zero attached hydrogens (tertiary/aromatic N) is 2. The molecule has 0 aliphatic carbocycles. The zero-order valence-electron chi connectivity index (χ0n) is 11.7. The van der Waals surface area contributed by atoms with E-state index in [2.05, 4.69) is 4.98 Å². The molecule has 1 aliphatic rings. The Morgan fingerprint density at radius 2 is 2.14 bits per heavy atom. The lowest BCUT2D eigenvalue weighted by Crippen LogP contribution is -2.32. The molecule has 0 radical (unpaired) electrons. The van der Waals surface area contributed by atoms with Crippen molar-refractivity contribution < 1.29 is 14.0 Å². The second-order valence-electron chi connectivity index (χ2n) is 5.20. The summed E-state index contributed by atoms with van der Waals surface area (Å²) < 4.78 is 4.82. The van der Waals surface area contributed by atoms with Gasteiger partial charge >= 0.3 is 0 Å². The van der Waals surface area contributed by atoms with Crippen LogP contribution in [0, 0.1) is 5.92 Å². The predicted molar refractivity (Wildman–Crippen MR) is 75.5 cm³/mol. The average Bonchev–Trinajstić information content (AvgIpc) is 3.16. The molecule has 0 N–H and O–H groups in total. The van der Waals surface area contributed by atoms with Gasteiger partial charge in [-0.2, -0.15) is 0 Å². The molecule has 1 aliphatic heterocycles. The van der Waals surface area contributed by atoms with Crippen LogP contribution in [-0.4, -0.2) is 28.1 Å². The third-order valence-electron chi connectivity index (χ3n) is 3.99. The van der Waals surface area contributed by atoms with Gasteiger partial charge in [0.25, 0.3) is 0 Å². The number of rotatable bonds is 4. The topological polar surface area (TPSA) is 63.4 Å². The normalized spacial score (nSPS) is 19.8. The number of Topliss-reactive ketones (excluding diaryl/α,β-unsaturated/α-hetero) is 1. The highest BCUT2D eigenvalue weighted by molar-refractivity contribution is 6.09. The van der Waals surface area contributed by atoms with E-state index in [1.165, 1.54) is 12.7 Å². The van der Waals surface area contributed by atoms with Gasteiger partial charge in [0.2, 0.25) is 5.91 Å². The highest BCUT2D eigenvalue weighted by Crippen LogP contribution is 2.30. The number of hydrogen-bond acceptors (Lipinski definition) is 4. The van der Waals surface area contributed by atoms with Crippen LogP contribution in [0.15, 0.2) is 47.4 Å². The number of benzene rings is 1. The van der Waals surface area contributed by atoms with Gasteiger partial charge < -0.3 is 9.32 Å². The van der Waals surface area contributed by atoms with E-state index in [0.717, 1.165) is 5.56 Å². The molecule has 0 spiro atoms. The molecule has 2 aromatic rings. The first-order valence-corrected chi connectivity index (χ1v) is 6.96. The summed E-state index contributed by atoms with van der Waals surface area (Å²) in [6.07, 6.45) is 3.03. The predicted octanol–water partition coefficient (Wildman–Crippen LogP) is 2.47. The Balaban J connectivity index is 1.76. The summed E-state index contributed by atoms with van der Waals surface area (Å²) >= 11 is 0. The van der Waals surface area contributed by atoms with Gasteiger partial charge in [0.05, 0.1) is 6.04 Å². The lowest BCUT2D eigenvalue weighted by molar-refractivity contribution is -0.131. The van der Waals surface area contributed by atoms with Crippen LogP contribution in [0.5, 0.6) is 0 Å². The summed E-state index contributed by atoms with van der Waals surface area (Å²) in [6.45, 7) is 2.57. The number of hydrogen-bond donors (Lipinski definition) is 0. The third-order valence-corrected chi connectivity index (χ3v) is 3.99. The summed E-state index contributed by atoms with van der Waals surface area (Å²) in [5.74, 6) is -1.02. The Labute approximate surface area is 122 Å². The Bertz CT molecular complexity index is 637. The Morgan fingerprint density at radius 1 is 1.38 bits per heavy atom. The fourth-order valence-electron chi connectivity index (χ4n) is 2.75. The molecule has 3 rings (SSSR count). The standard InChI is InChI=1S/C16H16N2O3/c1-11(12-5-3-2-4-6-12)18-8-7-13(16(18)20)15(19)14-9-21-10-17-14/h2-6,9-11,13H,7-8H2,1H3/t11-,13?/m0/s1. The fraction of sp³-hybridized carbons (Fsp3) is 0.312. The van der Waals surface area contributed by atoms with E-state index >= 15 is 0 Å². The zero-order chi connectivity index (χ0) is 14.8. The molecule has 2 heterocycles. The lowest BCUT2D eigenvalue weighted by atomic mass is 10.0. The van der Waals surface area contributed by atoms with E-state index < -0.39 is 5.92 Å². The Morgan fingerprint density at radius 3 is 2.81 bits per heavy atom. The van der Waals surface area contributed by atoms with E-state index in [0.29, 0.717) is 13.0 Å². The van der Waals surface area contributed by atoms with Crippen LogP contribution in [0.4, 0.5) is 0 Å². The van der Waals surface area contributed by atoms with Crippen molar-refractivity contribution in [2.24, 2.45) is 5.92 Å². The maximum absolute atomic E-state index is 12.5. The first kappa shape index (κ1) is 13.5. The first-order valence-electron chi connectivity index (χ1n) is 6.96. The number of carbonyl (C=O) groups is 2. The second kappa shape index (κ2) is 5.52. The number of oxazole rings is 1. The summed E-state index contributed by atoms with van der Waals surface area (Å²) in [5, 5.41) is 0. The number of amides is 1. The number of likely N-dealkylation sites (tertiary alicyclic amines) is 1. The van der Waals surface area contributed by atoms with Crippen LogP contribution in [0.3, 0.4) is 0 Å². The molecule has 1 aromatic carbocycles. The first-order chi connectivity index (χ1) is 10.2. The summed E-state index contributed by atoms with van der Waals surface area (Å²) in [6, 6.07) is 9.79. The highest BCUT2D eigenvalue weighted by atomic mass is 16.3. The van der Waals surface area contributed by atoms with Gasteiger partial charge in [0, 0.05) is 6.54 Å². The van der Waals surface area contributed by atoms with Gasteiger partial charge in [-0.15, -0.1) is 0 Å².